The highest BCUT2D eigenvalue weighted by atomic mass is 16.4. The molecule has 1 aromatic carbocycles. The number of amides is 2. The Morgan fingerprint density at radius 2 is 1.70 bits per heavy atom. The predicted octanol–water partition coefficient (Wildman–Crippen LogP) is -0.535. The third kappa shape index (κ3) is 8.06. The van der Waals surface area contributed by atoms with E-state index >= 15 is 0 Å². The fourth-order valence-corrected chi connectivity index (χ4v) is 2.41. The van der Waals surface area contributed by atoms with Crippen molar-refractivity contribution in [3.8, 4) is 5.75 Å². The van der Waals surface area contributed by atoms with Crippen LogP contribution >= 0.6 is 0 Å². The monoisotopic (exact) mass is 380 g/mol. The first kappa shape index (κ1) is 22.4. The number of carbonyl (C=O) groups excluding carboxylic acids is 2. The van der Waals surface area contributed by atoms with E-state index < -0.39 is 35.9 Å². The summed E-state index contributed by atoms with van der Waals surface area (Å²) in [5.74, 6) is -2.15. The van der Waals surface area contributed by atoms with Crippen LogP contribution in [0.3, 0.4) is 0 Å². The Labute approximate surface area is 158 Å². The third-order valence-electron chi connectivity index (χ3n) is 4.04. The van der Waals surface area contributed by atoms with Crippen molar-refractivity contribution in [1.29, 1.82) is 0 Å². The zero-order chi connectivity index (χ0) is 20.4. The van der Waals surface area contributed by atoms with Gasteiger partial charge in [-0.05, 0) is 56.8 Å². The summed E-state index contributed by atoms with van der Waals surface area (Å²) in [6.45, 7) is 1.91. The van der Waals surface area contributed by atoms with Crippen molar-refractivity contribution in [2.45, 2.75) is 50.7 Å². The summed E-state index contributed by atoms with van der Waals surface area (Å²) in [4.78, 5) is 35.6. The molecule has 0 heterocycles. The molecule has 9 heteroatoms. The minimum atomic E-state index is -1.14. The second-order valence-electron chi connectivity index (χ2n) is 6.39. The maximum Gasteiger partial charge on any atom is 0.326 e. The number of nitrogens with one attached hydrogen (secondary N) is 2. The van der Waals surface area contributed by atoms with Crippen molar-refractivity contribution >= 4 is 17.8 Å². The maximum absolute atomic E-state index is 12.2. The number of benzene rings is 1. The number of carboxylic acids is 1. The van der Waals surface area contributed by atoms with Gasteiger partial charge in [-0.25, -0.2) is 4.79 Å². The quantitative estimate of drug-likeness (QED) is 0.280. The first-order chi connectivity index (χ1) is 12.7. The summed E-state index contributed by atoms with van der Waals surface area (Å²) >= 11 is 0. The van der Waals surface area contributed by atoms with Gasteiger partial charge in [-0.1, -0.05) is 12.1 Å². The van der Waals surface area contributed by atoms with Gasteiger partial charge in [0.15, 0.2) is 0 Å². The molecule has 2 amide bonds. The van der Waals surface area contributed by atoms with E-state index in [0.29, 0.717) is 19.4 Å². The van der Waals surface area contributed by atoms with Crippen LogP contribution in [0.15, 0.2) is 24.3 Å². The molecule has 9 nitrogen and oxygen atoms in total. The highest BCUT2D eigenvalue weighted by Crippen LogP contribution is 2.11. The van der Waals surface area contributed by atoms with Crippen LogP contribution in [0.4, 0.5) is 0 Å². The van der Waals surface area contributed by atoms with Crippen LogP contribution < -0.4 is 22.1 Å². The number of nitrogens with two attached hydrogens (primary N) is 2. The van der Waals surface area contributed by atoms with E-state index in [9.17, 15) is 24.6 Å². The van der Waals surface area contributed by atoms with E-state index in [1.807, 2.05) is 0 Å². The molecule has 150 valence electrons. The smallest absolute Gasteiger partial charge is 0.326 e. The number of aliphatic carboxylic acids is 1. The number of hydrogen-bond acceptors (Lipinski definition) is 6. The first-order valence-corrected chi connectivity index (χ1v) is 8.81. The second-order valence-corrected chi connectivity index (χ2v) is 6.39. The van der Waals surface area contributed by atoms with Crippen LogP contribution in [0.5, 0.6) is 5.75 Å². The fourth-order valence-electron chi connectivity index (χ4n) is 2.41. The van der Waals surface area contributed by atoms with Gasteiger partial charge in [-0.15, -0.1) is 0 Å². The standard InChI is InChI=1S/C18H28N4O5/c1-11(16(24)22-15(18(26)27)4-2-3-9-19)21-17(25)14(20)10-12-5-7-13(23)8-6-12/h5-8,11,14-15,23H,2-4,9-10,19-20H2,1H3,(H,21,25)(H,22,24)(H,26,27)/t11-,14-,15-/m0/s1. The number of carboxylic acid groups (broad SMARTS) is 1. The van der Waals surface area contributed by atoms with Crippen LogP contribution in [-0.2, 0) is 20.8 Å². The molecule has 0 aliphatic heterocycles. The molecule has 3 atom stereocenters. The molecule has 0 unspecified atom stereocenters. The molecule has 0 aliphatic carbocycles. The molecule has 0 saturated carbocycles. The van der Waals surface area contributed by atoms with E-state index in [0.717, 1.165) is 5.56 Å². The Bertz CT molecular complexity index is 635. The van der Waals surface area contributed by atoms with Crippen LogP contribution in [0.2, 0.25) is 0 Å². The molecule has 0 bridgehead atoms. The zero-order valence-corrected chi connectivity index (χ0v) is 15.4. The Hall–Kier alpha value is -2.65. The van der Waals surface area contributed by atoms with Gasteiger partial charge in [0, 0.05) is 0 Å². The molecule has 27 heavy (non-hydrogen) atoms. The van der Waals surface area contributed by atoms with E-state index in [4.69, 9.17) is 11.5 Å². The largest absolute Gasteiger partial charge is 0.508 e. The van der Waals surface area contributed by atoms with Gasteiger partial charge < -0.3 is 32.3 Å². The highest BCUT2D eigenvalue weighted by molar-refractivity contribution is 5.91. The lowest BCUT2D eigenvalue weighted by Crippen LogP contribution is -2.53. The highest BCUT2D eigenvalue weighted by Gasteiger charge is 2.25. The van der Waals surface area contributed by atoms with Crippen LogP contribution in [0.25, 0.3) is 0 Å². The first-order valence-electron chi connectivity index (χ1n) is 8.81. The van der Waals surface area contributed by atoms with Crippen LogP contribution in [-0.4, -0.2) is 52.7 Å². The van der Waals surface area contributed by atoms with Gasteiger partial charge in [0.05, 0.1) is 6.04 Å². The molecule has 0 aromatic heterocycles. The Kier molecular flexibility index (Phi) is 9.24. The van der Waals surface area contributed by atoms with Crippen molar-refractivity contribution in [3.63, 3.8) is 0 Å². The molecule has 0 aliphatic rings. The molecule has 1 rings (SSSR count). The second kappa shape index (κ2) is 11.1. The number of rotatable bonds is 11. The molecule has 0 radical (unpaired) electrons. The van der Waals surface area contributed by atoms with Gasteiger partial charge in [0.25, 0.3) is 0 Å². The van der Waals surface area contributed by atoms with Crippen molar-refractivity contribution in [3.05, 3.63) is 29.8 Å². The molecular weight excluding hydrogens is 352 g/mol. The minimum absolute atomic E-state index is 0.113. The minimum Gasteiger partial charge on any atom is -0.508 e. The zero-order valence-electron chi connectivity index (χ0n) is 15.4. The van der Waals surface area contributed by atoms with E-state index in [1.54, 1.807) is 12.1 Å². The third-order valence-corrected chi connectivity index (χ3v) is 4.04. The molecule has 8 N–H and O–H groups in total. The van der Waals surface area contributed by atoms with Gasteiger partial charge in [0.2, 0.25) is 11.8 Å². The average Bonchev–Trinajstić information content (AvgIpc) is 2.62. The number of phenols is 1. The number of aromatic hydroxyl groups is 1. The topological polar surface area (TPSA) is 168 Å². The predicted molar refractivity (Wildman–Crippen MR) is 99.9 cm³/mol. The van der Waals surface area contributed by atoms with Crippen molar-refractivity contribution in [1.82, 2.24) is 10.6 Å². The lowest BCUT2D eigenvalue weighted by atomic mass is 10.1. The average molecular weight is 380 g/mol. The molecule has 1 aromatic rings. The SMILES string of the molecule is C[C@H](NC(=O)[C@@H](N)Cc1ccc(O)cc1)C(=O)N[C@@H](CCCCN)C(=O)O. The Morgan fingerprint density at radius 1 is 1.07 bits per heavy atom. The van der Waals surface area contributed by atoms with E-state index in [1.165, 1.54) is 19.1 Å². The van der Waals surface area contributed by atoms with E-state index in [-0.39, 0.29) is 18.6 Å². The summed E-state index contributed by atoms with van der Waals surface area (Å²) in [6.07, 6.45) is 1.74. The number of unbranched alkanes of at least 4 members (excludes halogenated alkanes) is 1. The molecular formula is C18H28N4O5. The van der Waals surface area contributed by atoms with Gasteiger partial charge >= 0.3 is 5.97 Å². The Morgan fingerprint density at radius 3 is 2.26 bits per heavy atom. The van der Waals surface area contributed by atoms with Crippen molar-refractivity contribution in [2.75, 3.05) is 6.54 Å². The lowest BCUT2D eigenvalue weighted by molar-refractivity contribution is -0.142. The summed E-state index contributed by atoms with van der Waals surface area (Å²) in [5.41, 5.74) is 12.0. The lowest BCUT2D eigenvalue weighted by Gasteiger charge is -2.20. The summed E-state index contributed by atoms with van der Waals surface area (Å²) in [5, 5.41) is 23.3. The van der Waals surface area contributed by atoms with E-state index in [2.05, 4.69) is 10.6 Å². The summed E-state index contributed by atoms with van der Waals surface area (Å²) in [6, 6.07) is 3.44. The number of hydrogen-bond donors (Lipinski definition) is 6. The normalized spacial score (nSPS) is 14.0. The van der Waals surface area contributed by atoms with Crippen LogP contribution in [0.1, 0.15) is 31.7 Å². The molecule has 0 spiro atoms. The summed E-state index contributed by atoms with van der Waals surface area (Å²) in [7, 11) is 0. The summed E-state index contributed by atoms with van der Waals surface area (Å²) < 4.78 is 0. The fraction of sp³-hybridized carbons (Fsp3) is 0.500. The molecule has 0 saturated heterocycles. The maximum atomic E-state index is 12.2. The van der Waals surface area contributed by atoms with Gasteiger partial charge in [-0.2, -0.15) is 0 Å². The Balaban J connectivity index is 2.52. The number of carbonyl (C=O) groups is 3. The van der Waals surface area contributed by atoms with Gasteiger partial charge in [-0.3, -0.25) is 9.59 Å². The van der Waals surface area contributed by atoms with Crippen LogP contribution in [0, 0.1) is 0 Å². The van der Waals surface area contributed by atoms with Gasteiger partial charge in [0.1, 0.15) is 17.8 Å². The molecule has 0 fully saturated rings. The van der Waals surface area contributed by atoms with Crippen molar-refractivity contribution in [2.24, 2.45) is 11.5 Å². The number of phenolic OH excluding ortho intramolecular Hbond substituents is 1. The van der Waals surface area contributed by atoms with Crippen molar-refractivity contribution < 1.29 is 24.6 Å².